The minimum atomic E-state index is 0.784. The lowest BCUT2D eigenvalue weighted by Gasteiger charge is -2.06. The quantitative estimate of drug-likeness (QED) is 0.664. The van der Waals surface area contributed by atoms with Gasteiger partial charge in [0.1, 0.15) is 0 Å². The highest BCUT2D eigenvalue weighted by atomic mass is 14.9. The first-order chi connectivity index (χ1) is 11.8. The van der Waals surface area contributed by atoms with Crippen LogP contribution >= 0.6 is 0 Å². The second kappa shape index (κ2) is 8.37. The molecule has 0 aliphatic rings. The molecule has 122 valence electrons. The molecular formula is C21H23N3. The molecule has 0 bridgehead atoms. The van der Waals surface area contributed by atoms with Crippen molar-refractivity contribution in [3.05, 3.63) is 83.7 Å². The molecule has 0 amide bonds. The number of nitrogens with one attached hydrogen (secondary N) is 1. The summed E-state index contributed by atoms with van der Waals surface area (Å²) in [6.45, 7) is 3.88. The van der Waals surface area contributed by atoms with E-state index >= 15 is 0 Å². The molecule has 1 N–H and O–H groups in total. The van der Waals surface area contributed by atoms with E-state index in [-0.39, 0.29) is 0 Å². The Morgan fingerprint density at radius 3 is 2.42 bits per heavy atom. The van der Waals surface area contributed by atoms with Crippen LogP contribution in [0.5, 0.6) is 0 Å². The predicted molar refractivity (Wildman–Crippen MR) is 98.7 cm³/mol. The molecule has 1 heterocycles. The van der Waals surface area contributed by atoms with Gasteiger partial charge in [-0.1, -0.05) is 54.1 Å². The maximum atomic E-state index is 4.49. The Hall–Kier alpha value is -2.52. The smallest absolute Gasteiger partial charge is 0.159 e. The van der Waals surface area contributed by atoms with E-state index in [0.29, 0.717) is 0 Å². The van der Waals surface area contributed by atoms with Crippen LogP contribution in [0.15, 0.2) is 67.0 Å². The summed E-state index contributed by atoms with van der Waals surface area (Å²) in [5, 5.41) is 3.46. The standard InChI is InChI=1S/C21H23N3/c1-17-7-5-11-20(13-17)21-23-15-19(16-24-21)14-22-12-6-10-18-8-3-2-4-9-18/h2-5,7-9,11,13,15-16,22H,6,10,12,14H2,1H3. The van der Waals surface area contributed by atoms with Gasteiger partial charge in [-0.2, -0.15) is 0 Å². The fourth-order valence-corrected chi connectivity index (χ4v) is 2.67. The Morgan fingerprint density at radius 2 is 1.67 bits per heavy atom. The molecule has 3 rings (SSSR count). The second-order valence-electron chi connectivity index (χ2n) is 6.05. The summed E-state index contributed by atoms with van der Waals surface area (Å²) in [4.78, 5) is 8.97. The van der Waals surface area contributed by atoms with Crippen LogP contribution in [0.3, 0.4) is 0 Å². The Labute approximate surface area is 143 Å². The van der Waals surface area contributed by atoms with Crippen LogP contribution in [0.1, 0.15) is 23.1 Å². The van der Waals surface area contributed by atoms with Gasteiger partial charge in [0.2, 0.25) is 0 Å². The molecule has 2 aromatic carbocycles. The van der Waals surface area contributed by atoms with Crippen molar-refractivity contribution in [1.82, 2.24) is 15.3 Å². The van der Waals surface area contributed by atoms with Crippen molar-refractivity contribution < 1.29 is 0 Å². The van der Waals surface area contributed by atoms with Crippen LogP contribution in [0.25, 0.3) is 11.4 Å². The molecule has 1 aromatic heterocycles. The zero-order valence-electron chi connectivity index (χ0n) is 14.1. The summed E-state index contributed by atoms with van der Waals surface area (Å²) in [7, 11) is 0. The van der Waals surface area contributed by atoms with E-state index in [1.807, 2.05) is 24.5 Å². The number of aromatic nitrogens is 2. The average Bonchev–Trinajstić information content (AvgIpc) is 2.63. The zero-order chi connectivity index (χ0) is 16.6. The molecule has 3 heteroatoms. The highest BCUT2D eigenvalue weighted by Gasteiger charge is 2.01. The fourth-order valence-electron chi connectivity index (χ4n) is 2.67. The molecule has 0 saturated carbocycles. The topological polar surface area (TPSA) is 37.8 Å². The van der Waals surface area contributed by atoms with Crippen molar-refractivity contribution in [3.8, 4) is 11.4 Å². The molecule has 0 aliphatic carbocycles. The summed E-state index contributed by atoms with van der Waals surface area (Å²) in [6, 6.07) is 18.9. The molecule has 0 aliphatic heterocycles. The number of nitrogens with zero attached hydrogens (tertiary/aromatic N) is 2. The van der Waals surface area contributed by atoms with E-state index in [4.69, 9.17) is 0 Å². The van der Waals surface area contributed by atoms with Crippen LogP contribution in [-0.4, -0.2) is 16.5 Å². The molecule has 0 unspecified atom stereocenters. The number of rotatable bonds is 7. The first kappa shape index (κ1) is 16.3. The molecule has 0 spiro atoms. The minimum Gasteiger partial charge on any atom is -0.313 e. The van der Waals surface area contributed by atoms with Crippen molar-refractivity contribution in [1.29, 1.82) is 0 Å². The lowest BCUT2D eigenvalue weighted by atomic mass is 10.1. The van der Waals surface area contributed by atoms with E-state index in [0.717, 1.165) is 42.9 Å². The first-order valence-corrected chi connectivity index (χ1v) is 8.44. The van der Waals surface area contributed by atoms with Gasteiger partial charge in [-0.05, 0) is 37.9 Å². The van der Waals surface area contributed by atoms with Gasteiger partial charge >= 0.3 is 0 Å². The van der Waals surface area contributed by atoms with E-state index in [1.165, 1.54) is 11.1 Å². The second-order valence-corrected chi connectivity index (χ2v) is 6.05. The largest absolute Gasteiger partial charge is 0.313 e. The number of hydrogen-bond acceptors (Lipinski definition) is 3. The maximum absolute atomic E-state index is 4.49. The van der Waals surface area contributed by atoms with E-state index in [2.05, 4.69) is 64.7 Å². The predicted octanol–water partition coefficient (Wildman–Crippen LogP) is 4.17. The molecular weight excluding hydrogens is 294 g/mol. The summed E-state index contributed by atoms with van der Waals surface area (Å²) in [5.74, 6) is 0.784. The minimum absolute atomic E-state index is 0.784. The van der Waals surface area contributed by atoms with Crippen LogP contribution < -0.4 is 5.32 Å². The third-order valence-electron chi connectivity index (χ3n) is 3.97. The fraction of sp³-hybridized carbons (Fsp3) is 0.238. The molecule has 0 radical (unpaired) electrons. The number of benzene rings is 2. The average molecular weight is 317 g/mol. The van der Waals surface area contributed by atoms with E-state index in [1.54, 1.807) is 0 Å². The molecule has 0 atom stereocenters. The van der Waals surface area contributed by atoms with Crippen molar-refractivity contribution in [2.24, 2.45) is 0 Å². The Morgan fingerprint density at radius 1 is 0.875 bits per heavy atom. The summed E-state index contributed by atoms with van der Waals surface area (Å²) >= 11 is 0. The molecule has 0 saturated heterocycles. The first-order valence-electron chi connectivity index (χ1n) is 8.44. The third kappa shape index (κ3) is 4.74. The van der Waals surface area contributed by atoms with Gasteiger partial charge in [0.25, 0.3) is 0 Å². The van der Waals surface area contributed by atoms with Crippen molar-refractivity contribution in [2.75, 3.05) is 6.54 Å². The van der Waals surface area contributed by atoms with Gasteiger partial charge in [-0.25, -0.2) is 9.97 Å². The van der Waals surface area contributed by atoms with Gasteiger partial charge in [0.05, 0.1) is 0 Å². The van der Waals surface area contributed by atoms with Crippen LogP contribution in [-0.2, 0) is 13.0 Å². The van der Waals surface area contributed by atoms with Gasteiger partial charge in [-0.15, -0.1) is 0 Å². The number of aryl methyl sites for hydroxylation is 2. The number of hydrogen-bond donors (Lipinski definition) is 1. The molecule has 3 nitrogen and oxygen atoms in total. The Balaban J connectivity index is 1.45. The van der Waals surface area contributed by atoms with Crippen molar-refractivity contribution in [2.45, 2.75) is 26.3 Å². The monoisotopic (exact) mass is 317 g/mol. The van der Waals surface area contributed by atoms with Crippen LogP contribution in [0.2, 0.25) is 0 Å². The highest BCUT2D eigenvalue weighted by Crippen LogP contribution is 2.15. The normalized spacial score (nSPS) is 10.7. The third-order valence-corrected chi connectivity index (χ3v) is 3.97. The lowest BCUT2D eigenvalue weighted by Crippen LogP contribution is -2.15. The van der Waals surface area contributed by atoms with Crippen LogP contribution in [0, 0.1) is 6.92 Å². The van der Waals surface area contributed by atoms with E-state index < -0.39 is 0 Å². The Kier molecular flexibility index (Phi) is 5.70. The van der Waals surface area contributed by atoms with Gasteiger partial charge in [-0.3, -0.25) is 0 Å². The molecule has 24 heavy (non-hydrogen) atoms. The highest BCUT2D eigenvalue weighted by molar-refractivity contribution is 5.55. The van der Waals surface area contributed by atoms with Crippen molar-refractivity contribution in [3.63, 3.8) is 0 Å². The van der Waals surface area contributed by atoms with Crippen molar-refractivity contribution >= 4 is 0 Å². The molecule has 0 fully saturated rings. The van der Waals surface area contributed by atoms with Gasteiger partial charge < -0.3 is 5.32 Å². The maximum Gasteiger partial charge on any atom is 0.159 e. The lowest BCUT2D eigenvalue weighted by molar-refractivity contribution is 0.647. The SMILES string of the molecule is Cc1cccc(-c2ncc(CNCCCc3ccccc3)cn2)c1. The molecule has 3 aromatic rings. The zero-order valence-corrected chi connectivity index (χ0v) is 14.1. The van der Waals surface area contributed by atoms with Crippen LogP contribution in [0.4, 0.5) is 0 Å². The summed E-state index contributed by atoms with van der Waals surface area (Å²) in [6.07, 6.45) is 6.06. The van der Waals surface area contributed by atoms with Gasteiger partial charge in [0.15, 0.2) is 5.82 Å². The van der Waals surface area contributed by atoms with E-state index in [9.17, 15) is 0 Å². The Bertz CT molecular complexity index is 752. The van der Waals surface area contributed by atoms with Gasteiger partial charge in [0, 0.05) is 30.1 Å². The summed E-state index contributed by atoms with van der Waals surface area (Å²) < 4.78 is 0. The summed E-state index contributed by atoms with van der Waals surface area (Å²) in [5.41, 5.74) is 4.80.